The predicted molar refractivity (Wildman–Crippen MR) is 53.9 cm³/mol. The van der Waals surface area contributed by atoms with Crippen LogP contribution in [0.5, 0.6) is 0 Å². The minimum absolute atomic E-state index is 0.410. The Labute approximate surface area is 95.3 Å². The molecule has 1 aromatic carbocycles. The molecular formula is C9H8F3NO3S. The first-order chi connectivity index (χ1) is 7.66. The third-order valence-electron chi connectivity index (χ3n) is 1.96. The Hall–Kier alpha value is -1.57. The summed E-state index contributed by atoms with van der Waals surface area (Å²) < 4.78 is 60.1. The van der Waals surface area contributed by atoms with Gasteiger partial charge in [0.05, 0.1) is 16.7 Å². The van der Waals surface area contributed by atoms with Gasteiger partial charge in [-0.05, 0) is 12.1 Å². The molecule has 0 fully saturated rings. The van der Waals surface area contributed by atoms with Crippen molar-refractivity contribution < 1.29 is 26.8 Å². The number of nitrogens with zero attached hydrogens (tertiary/aromatic N) is 1. The van der Waals surface area contributed by atoms with E-state index in [2.05, 4.69) is 5.16 Å². The van der Waals surface area contributed by atoms with Crippen molar-refractivity contribution in [2.75, 3.05) is 6.26 Å². The first kappa shape index (κ1) is 13.5. The molecule has 0 aliphatic heterocycles. The molecule has 0 aliphatic rings. The number of rotatable bonds is 2. The van der Waals surface area contributed by atoms with Gasteiger partial charge < -0.3 is 5.21 Å². The van der Waals surface area contributed by atoms with E-state index in [1.165, 1.54) is 0 Å². The van der Waals surface area contributed by atoms with Crippen LogP contribution in [0.3, 0.4) is 0 Å². The fourth-order valence-corrected chi connectivity index (χ4v) is 1.83. The van der Waals surface area contributed by atoms with Gasteiger partial charge >= 0.3 is 6.18 Å². The fraction of sp³-hybridized carbons (Fsp3) is 0.222. The number of alkyl halides is 3. The smallest absolute Gasteiger partial charge is 0.411 e. The lowest BCUT2D eigenvalue weighted by Gasteiger charge is -2.11. The van der Waals surface area contributed by atoms with Crippen LogP contribution in [0, 0.1) is 0 Å². The van der Waals surface area contributed by atoms with Crippen molar-refractivity contribution in [1.29, 1.82) is 0 Å². The molecule has 0 heterocycles. The van der Waals surface area contributed by atoms with Crippen LogP contribution in [0.15, 0.2) is 28.3 Å². The largest absolute Gasteiger partial charge is 0.417 e. The summed E-state index contributed by atoms with van der Waals surface area (Å²) in [5.74, 6) is 0. The monoisotopic (exact) mass is 267 g/mol. The third kappa shape index (κ3) is 3.19. The second-order valence-electron chi connectivity index (χ2n) is 3.26. The van der Waals surface area contributed by atoms with Gasteiger partial charge in [-0.1, -0.05) is 11.2 Å². The summed E-state index contributed by atoms with van der Waals surface area (Å²) in [7, 11) is -3.72. The predicted octanol–water partition coefficient (Wildman–Crippen LogP) is 1.92. The molecule has 17 heavy (non-hydrogen) atoms. The molecule has 1 N–H and O–H groups in total. The molecule has 1 rings (SSSR count). The molecule has 0 atom stereocenters. The second-order valence-corrected chi connectivity index (χ2v) is 5.28. The van der Waals surface area contributed by atoms with E-state index in [4.69, 9.17) is 5.21 Å². The number of oxime groups is 1. The maximum Gasteiger partial charge on any atom is 0.417 e. The number of sulfone groups is 1. The SMILES string of the molecule is CS(=O)(=O)c1ccc(/C=N/O)c(C(F)(F)F)c1. The molecule has 0 unspecified atom stereocenters. The molecule has 0 aliphatic carbocycles. The molecular weight excluding hydrogens is 259 g/mol. The highest BCUT2D eigenvalue weighted by Gasteiger charge is 2.34. The van der Waals surface area contributed by atoms with Crippen molar-refractivity contribution >= 4 is 16.1 Å². The Balaban J connectivity index is 3.51. The minimum atomic E-state index is -4.72. The minimum Gasteiger partial charge on any atom is -0.411 e. The van der Waals surface area contributed by atoms with Gasteiger partial charge in [0, 0.05) is 11.8 Å². The van der Waals surface area contributed by atoms with E-state index in [-0.39, 0.29) is 0 Å². The normalized spacial score (nSPS) is 13.2. The average Bonchev–Trinajstić information content (AvgIpc) is 2.15. The maximum atomic E-state index is 12.6. The molecule has 94 valence electrons. The van der Waals surface area contributed by atoms with Crippen molar-refractivity contribution in [3.63, 3.8) is 0 Å². The van der Waals surface area contributed by atoms with E-state index < -0.39 is 32.0 Å². The molecule has 8 heteroatoms. The van der Waals surface area contributed by atoms with Gasteiger partial charge in [0.1, 0.15) is 0 Å². The number of hydrogen-bond acceptors (Lipinski definition) is 4. The van der Waals surface area contributed by atoms with Crippen LogP contribution in [-0.4, -0.2) is 26.1 Å². The molecule has 0 aromatic heterocycles. The van der Waals surface area contributed by atoms with Crippen molar-refractivity contribution in [3.05, 3.63) is 29.3 Å². The molecule has 0 saturated heterocycles. The maximum absolute atomic E-state index is 12.6. The van der Waals surface area contributed by atoms with E-state index in [0.29, 0.717) is 12.3 Å². The van der Waals surface area contributed by atoms with Gasteiger partial charge in [-0.2, -0.15) is 13.2 Å². The average molecular weight is 267 g/mol. The van der Waals surface area contributed by atoms with Crippen molar-refractivity contribution in [1.82, 2.24) is 0 Å². The highest BCUT2D eigenvalue weighted by molar-refractivity contribution is 7.90. The lowest BCUT2D eigenvalue weighted by Crippen LogP contribution is -2.11. The number of halogens is 3. The van der Waals surface area contributed by atoms with Gasteiger partial charge in [0.25, 0.3) is 0 Å². The van der Waals surface area contributed by atoms with Crippen LogP contribution in [-0.2, 0) is 16.0 Å². The Kier molecular flexibility index (Phi) is 3.46. The highest BCUT2D eigenvalue weighted by Crippen LogP contribution is 2.32. The third-order valence-corrected chi connectivity index (χ3v) is 3.07. The summed E-state index contributed by atoms with van der Waals surface area (Å²) in [5.41, 5.74) is -1.58. The van der Waals surface area contributed by atoms with Crippen molar-refractivity contribution in [3.8, 4) is 0 Å². The van der Waals surface area contributed by atoms with Crippen molar-refractivity contribution in [2.24, 2.45) is 5.16 Å². The van der Waals surface area contributed by atoms with Gasteiger partial charge in [-0.25, -0.2) is 8.42 Å². The molecule has 0 saturated carbocycles. The number of benzene rings is 1. The second kappa shape index (κ2) is 4.36. The quantitative estimate of drug-likeness (QED) is 0.505. The summed E-state index contributed by atoms with van der Waals surface area (Å²) in [6, 6.07) is 2.45. The van der Waals surface area contributed by atoms with Crippen LogP contribution in [0.1, 0.15) is 11.1 Å². The standard InChI is InChI=1S/C9H8F3NO3S/c1-17(15,16)7-3-2-6(5-13-14)8(4-7)9(10,11)12/h2-5,14H,1H3/b13-5+. The van der Waals surface area contributed by atoms with Gasteiger partial charge in [0.15, 0.2) is 9.84 Å². The summed E-state index contributed by atoms with van der Waals surface area (Å²) in [6.07, 6.45) is -3.33. The summed E-state index contributed by atoms with van der Waals surface area (Å²) in [6.45, 7) is 0. The molecule has 0 bridgehead atoms. The van der Waals surface area contributed by atoms with Crippen molar-refractivity contribution in [2.45, 2.75) is 11.1 Å². The molecule has 0 amide bonds. The van der Waals surface area contributed by atoms with Crippen LogP contribution in [0.25, 0.3) is 0 Å². The topological polar surface area (TPSA) is 66.7 Å². The molecule has 0 radical (unpaired) electrons. The van der Waals surface area contributed by atoms with E-state index in [9.17, 15) is 21.6 Å². The van der Waals surface area contributed by atoms with Crippen LogP contribution in [0.4, 0.5) is 13.2 Å². The molecule has 4 nitrogen and oxygen atoms in total. The summed E-state index contributed by atoms with van der Waals surface area (Å²) in [5, 5.41) is 10.7. The summed E-state index contributed by atoms with van der Waals surface area (Å²) in [4.78, 5) is -0.445. The zero-order valence-corrected chi connectivity index (χ0v) is 9.38. The Morgan fingerprint density at radius 1 is 1.35 bits per heavy atom. The zero-order valence-electron chi connectivity index (χ0n) is 8.56. The zero-order chi connectivity index (χ0) is 13.3. The van der Waals surface area contributed by atoms with Gasteiger partial charge in [0.2, 0.25) is 0 Å². The van der Waals surface area contributed by atoms with E-state index in [1.54, 1.807) is 0 Å². The van der Waals surface area contributed by atoms with Crippen LogP contribution >= 0.6 is 0 Å². The van der Waals surface area contributed by atoms with Crippen LogP contribution in [0.2, 0.25) is 0 Å². The lowest BCUT2D eigenvalue weighted by atomic mass is 10.1. The Morgan fingerprint density at radius 2 is 1.94 bits per heavy atom. The van der Waals surface area contributed by atoms with E-state index in [0.717, 1.165) is 18.4 Å². The highest BCUT2D eigenvalue weighted by atomic mass is 32.2. The van der Waals surface area contributed by atoms with E-state index in [1.807, 2.05) is 0 Å². The molecule has 1 aromatic rings. The van der Waals surface area contributed by atoms with Gasteiger partial charge in [-0.3, -0.25) is 0 Å². The Morgan fingerprint density at radius 3 is 2.35 bits per heavy atom. The van der Waals surface area contributed by atoms with Crippen LogP contribution < -0.4 is 0 Å². The number of hydrogen-bond donors (Lipinski definition) is 1. The Bertz CT molecular complexity index is 549. The van der Waals surface area contributed by atoms with Gasteiger partial charge in [-0.15, -0.1) is 0 Å². The molecule has 0 spiro atoms. The summed E-state index contributed by atoms with van der Waals surface area (Å²) >= 11 is 0. The first-order valence-corrected chi connectivity index (χ1v) is 6.14. The lowest BCUT2D eigenvalue weighted by molar-refractivity contribution is -0.137. The first-order valence-electron chi connectivity index (χ1n) is 4.25. The van der Waals surface area contributed by atoms with E-state index >= 15 is 0 Å². The fourth-order valence-electron chi connectivity index (χ4n) is 1.19.